The van der Waals surface area contributed by atoms with Crippen molar-refractivity contribution in [2.24, 2.45) is 0 Å². The molecule has 3 nitrogen and oxygen atoms in total. The fraction of sp³-hybridized carbons (Fsp3) is 0.0833. The van der Waals surface area contributed by atoms with Crippen LogP contribution in [-0.2, 0) is 0 Å². The molecule has 2 heterocycles. The molecule has 5 heteroatoms. The fourth-order valence-corrected chi connectivity index (χ4v) is 2.37. The first kappa shape index (κ1) is 10.9. The Balaban J connectivity index is 2.48. The van der Waals surface area contributed by atoms with Crippen LogP contribution in [-0.4, -0.2) is 15.0 Å². The summed E-state index contributed by atoms with van der Waals surface area (Å²) in [6, 6.07) is 7.90. The predicted octanol–water partition coefficient (Wildman–Crippen LogP) is 3.90. The van der Waals surface area contributed by atoms with Crippen molar-refractivity contribution in [1.29, 1.82) is 0 Å². The van der Waals surface area contributed by atoms with E-state index in [1.54, 1.807) is 0 Å². The van der Waals surface area contributed by atoms with Gasteiger partial charge in [0, 0.05) is 9.86 Å². The zero-order valence-electron chi connectivity index (χ0n) is 8.91. The van der Waals surface area contributed by atoms with Crippen molar-refractivity contribution < 1.29 is 0 Å². The number of halogens is 2. The highest BCUT2D eigenvalue weighted by Gasteiger charge is 2.07. The van der Waals surface area contributed by atoms with Gasteiger partial charge in [0.25, 0.3) is 0 Å². The molecule has 0 aliphatic carbocycles. The molecule has 0 saturated carbocycles. The molecule has 0 N–H and O–H groups in total. The zero-order chi connectivity index (χ0) is 12.0. The summed E-state index contributed by atoms with van der Waals surface area (Å²) in [6.45, 7) is 1.82. The van der Waals surface area contributed by atoms with Gasteiger partial charge in [0.05, 0.1) is 11.0 Å². The van der Waals surface area contributed by atoms with Crippen LogP contribution in [0.25, 0.3) is 21.9 Å². The number of hydrogen-bond acceptors (Lipinski definition) is 3. The summed E-state index contributed by atoms with van der Waals surface area (Å²) < 4.78 is 0.987. The van der Waals surface area contributed by atoms with Crippen molar-refractivity contribution in [3.8, 4) is 0 Å². The lowest BCUT2D eigenvalue weighted by Gasteiger charge is -2.03. The highest BCUT2D eigenvalue weighted by atomic mass is 79.9. The summed E-state index contributed by atoms with van der Waals surface area (Å²) in [7, 11) is 0. The second-order valence-electron chi connectivity index (χ2n) is 3.75. The third kappa shape index (κ3) is 1.87. The maximum Gasteiger partial charge on any atom is 0.159 e. The van der Waals surface area contributed by atoms with Crippen LogP contribution in [0.2, 0.25) is 5.15 Å². The lowest BCUT2D eigenvalue weighted by molar-refractivity contribution is 1.09. The minimum atomic E-state index is 0.398. The molecule has 0 spiro atoms. The normalized spacial score (nSPS) is 11.2. The molecule has 84 valence electrons. The average Bonchev–Trinajstić information content (AvgIpc) is 2.27. The Labute approximate surface area is 111 Å². The van der Waals surface area contributed by atoms with E-state index in [0.29, 0.717) is 16.5 Å². The molecule has 17 heavy (non-hydrogen) atoms. The maximum atomic E-state index is 6.08. The van der Waals surface area contributed by atoms with Crippen LogP contribution in [0.1, 0.15) is 5.82 Å². The van der Waals surface area contributed by atoms with Crippen LogP contribution in [0.3, 0.4) is 0 Å². The Morgan fingerprint density at radius 3 is 2.71 bits per heavy atom. The molecule has 0 bridgehead atoms. The second kappa shape index (κ2) is 3.89. The molecule has 0 fully saturated rings. The Bertz CT molecular complexity index is 742. The SMILES string of the molecule is Cc1nc(Cl)c2nc3cc(Br)ccc3cc2n1. The number of hydrogen-bond donors (Lipinski definition) is 0. The lowest BCUT2D eigenvalue weighted by Crippen LogP contribution is -1.93. The standard InChI is InChI=1S/C12H7BrClN3/c1-6-15-10-4-7-2-3-8(13)5-9(7)17-11(10)12(14)16-6/h2-5H,1H3. The third-order valence-electron chi connectivity index (χ3n) is 2.50. The van der Waals surface area contributed by atoms with Gasteiger partial charge >= 0.3 is 0 Å². The monoisotopic (exact) mass is 307 g/mol. The van der Waals surface area contributed by atoms with E-state index in [4.69, 9.17) is 11.6 Å². The quantitative estimate of drug-likeness (QED) is 0.467. The molecule has 0 aliphatic heterocycles. The van der Waals surface area contributed by atoms with Gasteiger partial charge in [-0.25, -0.2) is 15.0 Å². The zero-order valence-corrected chi connectivity index (χ0v) is 11.2. The van der Waals surface area contributed by atoms with Gasteiger partial charge in [0.1, 0.15) is 11.3 Å². The molecule has 0 aliphatic rings. The summed E-state index contributed by atoms with van der Waals surface area (Å²) in [5.74, 6) is 0.653. The molecule has 3 aromatic rings. The van der Waals surface area contributed by atoms with E-state index in [0.717, 1.165) is 20.9 Å². The smallest absolute Gasteiger partial charge is 0.159 e. The van der Waals surface area contributed by atoms with E-state index in [9.17, 15) is 0 Å². The average molecular weight is 309 g/mol. The summed E-state index contributed by atoms with van der Waals surface area (Å²) in [5, 5.41) is 1.43. The number of pyridine rings is 1. The van der Waals surface area contributed by atoms with Gasteiger partial charge in [-0.05, 0) is 25.1 Å². The summed E-state index contributed by atoms with van der Waals surface area (Å²) in [4.78, 5) is 12.9. The number of benzene rings is 1. The van der Waals surface area contributed by atoms with Gasteiger partial charge in [0.15, 0.2) is 5.15 Å². The second-order valence-corrected chi connectivity index (χ2v) is 5.03. The largest absolute Gasteiger partial charge is 0.243 e. The summed E-state index contributed by atoms with van der Waals surface area (Å²) in [5.41, 5.74) is 2.29. The summed E-state index contributed by atoms with van der Waals surface area (Å²) >= 11 is 9.50. The first-order valence-corrected chi connectivity index (χ1v) is 6.21. The van der Waals surface area contributed by atoms with Gasteiger partial charge in [0.2, 0.25) is 0 Å². The van der Waals surface area contributed by atoms with Crippen LogP contribution in [0.4, 0.5) is 0 Å². The fourth-order valence-electron chi connectivity index (χ4n) is 1.76. The van der Waals surface area contributed by atoms with Gasteiger partial charge in [-0.3, -0.25) is 0 Å². The van der Waals surface area contributed by atoms with Crippen molar-refractivity contribution in [3.05, 3.63) is 39.7 Å². The van der Waals surface area contributed by atoms with Gasteiger partial charge in [-0.2, -0.15) is 0 Å². The topological polar surface area (TPSA) is 38.7 Å². The molecular formula is C12H7BrClN3. The Hall–Kier alpha value is -1.26. The lowest BCUT2D eigenvalue weighted by atomic mass is 10.2. The molecule has 0 unspecified atom stereocenters. The molecule has 0 saturated heterocycles. The van der Waals surface area contributed by atoms with Crippen LogP contribution in [0, 0.1) is 6.92 Å². The highest BCUT2D eigenvalue weighted by Crippen LogP contribution is 2.24. The van der Waals surface area contributed by atoms with Crippen molar-refractivity contribution >= 4 is 49.5 Å². The first-order chi connectivity index (χ1) is 8.13. The summed E-state index contributed by atoms with van der Waals surface area (Å²) in [6.07, 6.45) is 0. The Morgan fingerprint density at radius 2 is 1.88 bits per heavy atom. The number of aromatic nitrogens is 3. The van der Waals surface area contributed by atoms with Gasteiger partial charge in [-0.1, -0.05) is 33.6 Å². The molecule has 0 amide bonds. The molecule has 0 atom stereocenters. The third-order valence-corrected chi connectivity index (χ3v) is 3.25. The van der Waals surface area contributed by atoms with Crippen LogP contribution >= 0.6 is 27.5 Å². The van der Waals surface area contributed by atoms with Crippen LogP contribution in [0.5, 0.6) is 0 Å². The first-order valence-electron chi connectivity index (χ1n) is 5.03. The Morgan fingerprint density at radius 1 is 1.06 bits per heavy atom. The van der Waals surface area contributed by atoms with Gasteiger partial charge in [-0.15, -0.1) is 0 Å². The van der Waals surface area contributed by atoms with E-state index in [1.165, 1.54) is 0 Å². The van der Waals surface area contributed by atoms with Crippen LogP contribution in [0.15, 0.2) is 28.7 Å². The Kier molecular flexibility index (Phi) is 2.49. The number of rotatable bonds is 0. The maximum absolute atomic E-state index is 6.08. The van der Waals surface area contributed by atoms with E-state index in [2.05, 4.69) is 30.9 Å². The highest BCUT2D eigenvalue weighted by molar-refractivity contribution is 9.10. The van der Waals surface area contributed by atoms with Crippen LogP contribution < -0.4 is 0 Å². The van der Waals surface area contributed by atoms with Crippen molar-refractivity contribution in [2.45, 2.75) is 6.92 Å². The minimum absolute atomic E-state index is 0.398. The van der Waals surface area contributed by atoms with E-state index in [1.807, 2.05) is 31.2 Å². The van der Waals surface area contributed by atoms with Crippen molar-refractivity contribution in [2.75, 3.05) is 0 Å². The van der Waals surface area contributed by atoms with E-state index >= 15 is 0 Å². The van der Waals surface area contributed by atoms with E-state index in [-0.39, 0.29) is 0 Å². The van der Waals surface area contributed by atoms with E-state index < -0.39 is 0 Å². The number of aryl methyl sites for hydroxylation is 1. The molecule has 1 aromatic carbocycles. The molecular weight excluding hydrogens is 302 g/mol. The number of fused-ring (bicyclic) bond motifs is 2. The van der Waals surface area contributed by atoms with Gasteiger partial charge < -0.3 is 0 Å². The predicted molar refractivity (Wildman–Crippen MR) is 72.3 cm³/mol. The number of nitrogens with zero attached hydrogens (tertiary/aromatic N) is 3. The van der Waals surface area contributed by atoms with Crippen molar-refractivity contribution in [3.63, 3.8) is 0 Å². The van der Waals surface area contributed by atoms with Crippen molar-refractivity contribution in [1.82, 2.24) is 15.0 Å². The molecule has 0 radical (unpaired) electrons. The minimum Gasteiger partial charge on any atom is -0.243 e. The molecule has 3 rings (SSSR count). The molecule has 2 aromatic heterocycles.